The first-order chi connectivity index (χ1) is 13.7. The summed E-state index contributed by atoms with van der Waals surface area (Å²) in [6, 6.07) is 4.53. The van der Waals surface area contributed by atoms with Crippen molar-refractivity contribution in [3.05, 3.63) is 46.6 Å². The number of nitrogens with zero attached hydrogens (tertiary/aromatic N) is 3. The zero-order valence-corrected chi connectivity index (χ0v) is 16.5. The Labute approximate surface area is 166 Å². The van der Waals surface area contributed by atoms with E-state index < -0.39 is 17.8 Å². The molecular weight excluding hydrogens is 385 g/mol. The second-order valence-electron chi connectivity index (χ2n) is 7.10. The zero-order valence-electron chi connectivity index (χ0n) is 16.5. The first-order valence-electron chi connectivity index (χ1n) is 9.29. The van der Waals surface area contributed by atoms with Crippen LogP contribution in [0.4, 0.5) is 19.0 Å². The van der Waals surface area contributed by atoms with Crippen LogP contribution < -0.4 is 5.32 Å². The van der Waals surface area contributed by atoms with Crippen LogP contribution in [0.15, 0.2) is 29.3 Å². The summed E-state index contributed by atoms with van der Waals surface area (Å²) in [4.78, 5) is 16.3. The molecule has 0 aliphatic carbocycles. The Morgan fingerprint density at radius 1 is 1.38 bits per heavy atom. The highest BCUT2D eigenvalue weighted by Gasteiger charge is 2.31. The van der Waals surface area contributed by atoms with Gasteiger partial charge in [-0.25, -0.2) is 9.67 Å². The van der Waals surface area contributed by atoms with Crippen LogP contribution in [-0.4, -0.2) is 42.2 Å². The van der Waals surface area contributed by atoms with E-state index in [4.69, 9.17) is 4.74 Å². The molecule has 1 fully saturated rings. The van der Waals surface area contributed by atoms with Gasteiger partial charge in [0.25, 0.3) is 0 Å². The normalized spacial score (nSPS) is 16.4. The fourth-order valence-electron chi connectivity index (χ4n) is 3.12. The van der Waals surface area contributed by atoms with Gasteiger partial charge in [-0.15, -0.1) is 0 Å². The number of nitrogens with one attached hydrogen (secondary N) is 1. The smallest absolute Gasteiger partial charge is 0.381 e. The van der Waals surface area contributed by atoms with Gasteiger partial charge in [0.1, 0.15) is 5.84 Å². The summed E-state index contributed by atoms with van der Waals surface area (Å²) in [6.07, 6.45) is -3.07. The van der Waals surface area contributed by atoms with Crippen molar-refractivity contribution in [3.63, 3.8) is 0 Å². The quantitative estimate of drug-likeness (QED) is 0.449. The van der Waals surface area contributed by atoms with Gasteiger partial charge in [-0.05, 0) is 38.0 Å². The Morgan fingerprint density at radius 2 is 2.03 bits per heavy atom. The number of alkyl halides is 3. The molecule has 0 spiro atoms. The Bertz CT molecular complexity index is 900. The number of amidine groups is 1. The van der Waals surface area contributed by atoms with Crippen molar-refractivity contribution in [1.29, 1.82) is 0 Å². The maximum atomic E-state index is 12.9. The first kappa shape index (κ1) is 21.0. The molecule has 1 aromatic carbocycles. The van der Waals surface area contributed by atoms with Crippen LogP contribution in [0.2, 0.25) is 0 Å². The lowest BCUT2D eigenvalue weighted by Crippen LogP contribution is -2.29. The van der Waals surface area contributed by atoms with E-state index in [1.165, 1.54) is 12.1 Å². The molecule has 9 heteroatoms. The van der Waals surface area contributed by atoms with Crippen molar-refractivity contribution in [2.75, 3.05) is 20.3 Å². The third kappa shape index (κ3) is 4.50. The monoisotopic (exact) mass is 408 g/mol. The topological polar surface area (TPSA) is 68.5 Å². The van der Waals surface area contributed by atoms with Gasteiger partial charge in [0.05, 0.1) is 36.1 Å². The lowest BCUT2D eigenvalue weighted by atomic mass is 10.00. The summed E-state index contributed by atoms with van der Waals surface area (Å²) in [5.74, 6) is 1.27. The maximum Gasteiger partial charge on any atom is 0.416 e. The average Bonchev–Trinajstić information content (AvgIpc) is 3.00. The summed E-state index contributed by atoms with van der Waals surface area (Å²) in [5, 5.41) is 7.53. The summed E-state index contributed by atoms with van der Waals surface area (Å²) >= 11 is 0. The number of benzene rings is 1. The second kappa shape index (κ2) is 8.36. The van der Waals surface area contributed by atoms with Crippen LogP contribution in [0.1, 0.15) is 47.1 Å². The molecule has 1 atom stereocenters. The van der Waals surface area contributed by atoms with E-state index in [9.17, 15) is 18.0 Å². The Morgan fingerprint density at radius 3 is 2.52 bits per heavy atom. The van der Waals surface area contributed by atoms with Crippen LogP contribution in [0.25, 0.3) is 0 Å². The number of carbonyl (C=O) groups excluding carboxylic acids is 1. The van der Waals surface area contributed by atoms with E-state index in [2.05, 4.69) is 15.4 Å². The molecule has 3 rings (SSSR count). The number of aldehydes is 1. The lowest BCUT2D eigenvalue weighted by molar-refractivity contribution is -0.137. The number of ether oxygens (including phenoxy) is 1. The van der Waals surface area contributed by atoms with Crippen LogP contribution in [0.5, 0.6) is 0 Å². The van der Waals surface area contributed by atoms with E-state index in [1.54, 1.807) is 18.7 Å². The number of aromatic nitrogens is 2. The van der Waals surface area contributed by atoms with Gasteiger partial charge in [-0.2, -0.15) is 18.3 Å². The predicted molar refractivity (Wildman–Crippen MR) is 103 cm³/mol. The van der Waals surface area contributed by atoms with Crippen LogP contribution >= 0.6 is 0 Å². The molecule has 2 aromatic rings. The van der Waals surface area contributed by atoms with Gasteiger partial charge in [0.15, 0.2) is 12.1 Å². The molecule has 1 aliphatic heterocycles. The van der Waals surface area contributed by atoms with Gasteiger partial charge in [-0.1, -0.05) is 12.1 Å². The molecule has 1 N–H and O–H groups in total. The molecule has 0 radical (unpaired) electrons. The molecule has 1 saturated heterocycles. The largest absolute Gasteiger partial charge is 0.416 e. The highest BCUT2D eigenvalue weighted by atomic mass is 19.4. The summed E-state index contributed by atoms with van der Waals surface area (Å²) in [7, 11) is 1.71. The molecule has 0 saturated carbocycles. The molecule has 1 aliphatic rings. The third-order valence-electron chi connectivity index (χ3n) is 5.03. The third-order valence-corrected chi connectivity index (χ3v) is 5.03. The standard InChI is InChI=1S/C20H23F3N4O2/c1-12(15-4-6-16(7-5-15)20(21,22)23)27-19(25-13(2)24-3)17(9-28)18(26-27)8-14-10-29-11-14/h4-7,9,12,14H,8,10-11H2,1-3H3,(H,24,25). The Kier molecular flexibility index (Phi) is 6.07. The van der Waals surface area contributed by atoms with E-state index in [1.807, 2.05) is 6.92 Å². The molecule has 29 heavy (non-hydrogen) atoms. The van der Waals surface area contributed by atoms with Gasteiger partial charge in [0, 0.05) is 13.0 Å². The SMILES string of the molecule is CN/C(C)=N\c1c(C=O)c(CC2COC2)nn1C(C)c1ccc(C(F)(F)F)cc1. The minimum atomic E-state index is -4.39. The highest BCUT2D eigenvalue weighted by Crippen LogP contribution is 2.33. The number of hydrogen-bond donors (Lipinski definition) is 1. The van der Waals surface area contributed by atoms with Crippen molar-refractivity contribution in [2.45, 2.75) is 32.5 Å². The molecule has 0 amide bonds. The molecule has 156 valence electrons. The molecule has 1 aromatic heterocycles. The Hall–Kier alpha value is -2.68. The van der Waals surface area contributed by atoms with E-state index in [0.717, 1.165) is 18.4 Å². The number of halogens is 3. The Balaban J connectivity index is 2.02. The maximum absolute atomic E-state index is 12.9. The van der Waals surface area contributed by atoms with Crippen molar-refractivity contribution in [2.24, 2.45) is 10.9 Å². The van der Waals surface area contributed by atoms with Crippen LogP contribution in [0.3, 0.4) is 0 Å². The summed E-state index contributed by atoms with van der Waals surface area (Å²) in [5.41, 5.74) is 0.937. The molecule has 1 unspecified atom stereocenters. The minimum absolute atomic E-state index is 0.292. The molecule has 2 heterocycles. The van der Waals surface area contributed by atoms with Crippen molar-refractivity contribution < 1.29 is 22.7 Å². The van der Waals surface area contributed by atoms with Crippen molar-refractivity contribution >= 4 is 17.9 Å². The van der Waals surface area contributed by atoms with Crippen LogP contribution in [0, 0.1) is 5.92 Å². The second-order valence-corrected chi connectivity index (χ2v) is 7.10. The van der Waals surface area contributed by atoms with E-state index in [-0.39, 0.29) is 0 Å². The zero-order chi connectivity index (χ0) is 21.2. The summed E-state index contributed by atoms with van der Waals surface area (Å²) in [6.45, 7) is 4.81. The number of hydrogen-bond acceptors (Lipinski definition) is 4. The number of rotatable bonds is 6. The first-order valence-corrected chi connectivity index (χ1v) is 9.29. The van der Waals surface area contributed by atoms with Gasteiger partial charge < -0.3 is 10.1 Å². The van der Waals surface area contributed by atoms with Crippen LogP contribution in [-0.2, 0) is 17.3 Å². The van der Waals surface area contributed by atoms with Crippen molar-refractivity contribution in [1.82, 2.24) is 15.1 Å². The van der Waals surface area contributed by atoms with Crippen molar-refractivity contribution in [3.8, 4) is 0 Å². The van der Waals surface area contributed by atoms with Gasteiger partial charge in [0.2, 0.25) is 0 Å². The molecular formula is C20H23F3N4O2. The lowest BCUT2D eigenvalue weighted by Gasteiger charge is -2.25. The van der Waals surface area contributed by atoms with Gasteiger partial charge >= 0.3 is 6.18 Å². The minimum Gasteiger partial charge on any atom is -0.381 e. The fourth-order valence-corrected chi connectivity index (χ4v) is 3.12. The highest BCUT2D eigenvalue weighted by molar-refractivity contribution is 5.88. The fraction of sp³-hybridized carbons (Fsp3) is 0.450. The number of aliphatic imine (C=N–C) groups is 1. The average molecular weight is 408 g/mol. The molecule has 0 bridgehead atoms. The summed E-state index contributed by atoms with van der Waals surface area (Å²) < 4.78 is 45.4. The number of carbonyl (C=O) groups is 1. The van der Waals surface area contributed by atoms with E-state index in [0.29, 0.717) is 54.0 Å². The van der Waals surface area contributed by atoms with E-state index >= 15 is 0 Å². The molecule has 6 nitrogen and oxygen atoms in total. The van der Waals surface area contributed by atoms with Gasteiger partial charge in [-0.3, -0.25) is 4.79 Å². The predicted octanol–water partition coefficient (Wildman–Crippen LogP) is 3.78.